The van der Waals surface area contributed by atoms with Gasteiger partial charge in [-0.25, -0.2) is 4.39 Å². The van der Waals surface area contributed by atoms with E-state index in [-0.39, 0.29) is 12.2 Å². The molecule has 0 spiro atoms. The van der Waals surface area contributed by atoms with Crippen LogP contribution < -0.4 is 10.6 Å². The summed E-state index contributed by atoms with van der Waals surface area (Å²) in [6.07, 6.45) is -4.56. The molecule has 0 saturated carbocycles. The molecular formula is C16H14F4N2O. The average molecular weight is 326 g/mol. The first kappa shape index (κ1) is 16.8. The summed E-state index contributed by atoms with van der Waals surface area (Å²) >= 11 is 0. The van der Waals surface area contributed by atoms with Crippen LogP contribution in [0.25, 0.3) is 0 Å². The molecule has 0 aliphatic carbocycles. The Kier molecular flexibility index (Phi) is 4.88. The molecule has 0 aliphatic rings. The Morgan fingerprint density at radius 1 is 1.13 bits per heavy atom. The first-order chi connectivity index (χ1) is 10.8. The summed E-state index contributed by atoms with van der Waals surface area (Å²) in [5.74, 6) is -1.10. The number of carbonyl (C=O) groups is 1. The van der Waals surface area contributed by atoms with Crippen LogP contribution >= 0.6 is 0 Å². The van der Waals surface area contributed by atoms with E-state index >= 15 is 0 Å². The maximum absolute atomic E-state index is 13.4. The van der Waals surface area contributed by atoms with Gasteiger partial charge in [-0.3, -0.25) is 4.79 Å². The zero-order chi connectivity index (χ0) is 17.0. The molecule has 0 atom stereocenters. The number of amides is 1. The standard InChI is InChI=1S/C16H14F4N2O/c1-10-6-7-11(8-13(10)17)21-9-15(23)22-14-5-3-2-4-12(14)16(18,19)20/h2-8,21H,9H2,1H3,(H,22,23). The quantitative estimate of drug-likeness (QED) is 0.827. The van der Waals surface area contributed by atoms with Crippen molar-refractivity contribution in [3.63, 3.8) is 0 Å². The summed E-state index contributed by atoms with van der Waals surface area (Å²) in [7, 11) is 0. The van der Waals surface area contributed by atoms with Crippen LogP contribution in [-0.2, 0) is 11.0 Å². The average Bonchev–Trinajstić information content (AvgIpc) is 2.48. The monoisotopic (exact) mass is 326 g/mol. The summed E-state index contributed by atoms with van der Waals surface area (Å²) in [6, 6.07) is 9.03. The number of alkyl halides is 3. The van der Waals surface area contributed by atoms with Crippen LogP contribution in [0.4, 0.5) is 28.9 Å². The number of nitrogens with one attached hydrogen (secondary N) is 2. The number of benzene rings is 2. The van der Waals surface area contributed by atoms with Crippen molar-refractivity contribution >= 4 is 17.3 Å². The number of halogens is 4. The lowest BCUT2D eigenvalue weighted by molar-refractivity contribution is -0.137. The Bertz CT molecular complexity index is 713. The van der Waals surface area contributed by atoms with E-state index < -0.39 is 23.5 Å². The summed E-state index contributed by atoms with van der Waals surface area (Å²) in [4.78, 5) is 11.8. The third-order valence-electron chi connectivity index (χ3n) is 3.13. The highest BCUT2D eigenvalue weighted by molar-refractivity contribution is 5.94. The lowest BCUT2D eigenvalue weighted by Crippen LogP contribution is -2.23. The van der Waals surface area contributed by atoms with E-state index in [0.717, 1.165) is 6.07 Å². The fraction of sp³-hybridized carbons (Fsp3) is 0.188. The minimum absolute atomic E-state index is 0.283. The molecule has 3 nitrogen and oxygen atoms in total. The van der Waals surface area contributed by atoms with Crippen molar-refractivity contribution in [1.82, 2.24) is 0 Å². The van der Waals surface area contributed by atoms with Crippen molar-refractivity contribution in [1.29, 1.82) is 0 Å². The van der Waals surface area contributed by atoms with Gasteiger partial charge >= 0.3 is 6.18 Å². The molecule has 0 radical (unpaired) electrons. The van der Waals surface area contributed by atoms with Crippen LogP contribution in [0.15, 0.2) is 42.5 Å². The maximum atomic E-state index is 13.4. The lowest BCUT2D eigenvalue weighted by atomic mass is 10.1. The Morgan fingerprint density at radius 3 is 2.48 bits per heavy atom. The summed E-state index contributed by atoms with van der Waals surface area (Å²) in [5.41, 5.74) is -0.414. The van der Waals surface area contributed by atoms with Crippen molar-refractivity contribution in [3.8, 4) is 0 Å². The molecule has 2 rings (SSSR count). The van der Waals surface area contributed by atoms with Crippen LogP contribution in [-0.4, -0.2) is 12.5 Å². The molecule has 2 aromatic carbocycles. The van der Waals surface area contributed by atoms with Gasteiger partial charge < -0.3 is 10.6 Å². The molecule has 0 fully saturated rings. The van der Waals surface area contributed by atoms with Crippen molar-refractivity contribution in [2.75, 3.05) is 17.2 Å². The van der Waals surface area contributed by atoms with Gasteiger partial charge in [-0.1, -0.05) is 18.2 Å². The van der Waals surface area contributed by atoms with E-state index in [1.54, 1.807) is 13.0 Å². The molecule has 7 heteroatoms. The third-order valence-corrected chi connectivity index (χ3v) is 3.13. The summed E-state index contributed by atoms with van der Waals surface area (Å²) in [5, 5.41) is 4.86. The minimum atomic E-state index is -4.56. The highest BCUT2D eigenvalue weighted by atomic mass is 19.4. The fourth-order valence-electron chi connectivity index (χ4n) is 1.92. The van der Waals surface area contributed by atoms with Gasteiger partial charge in [0.1, 0.15) is 5.82 Å². The molecule has 2 aromatic rings. The van der Waals surface area contributed by atoms with E-state index in [2.05, 4.69) is 10.6 Å². The molecule has 1 amide bonds. The molecule has 0 unspecified atom stereocenters. The fourth-order valence-corrected chi connectivity index (χ4v) is 1.92. The van der Waals surface area contributed by atoms with E-state index in [1.807, 2.05) is 0 Å². The van der Waals surface area contributed by atoms with Gasteiger partial charge in [0, 0.05) is 5.69 Å². The zero-order valence-corrected chi connectivity index (χ0v) is 12.2. The molecule has 0 aliphatic heterocycles. The van der Waals surface area contributed by atoms with Gasteiger partial charge in [-0.15, -0.1) is 0 Å². The Balaban J connectivity index is 2.02. The van der Waals surface area contributed by atoms with Gasteiger partial charge in [-0.2, -0.15) is 13.2 Å². The van der Waals surface area contributed by atoms with Crippen molar-refractivity contribution in [3.05, 3.63) is 59.4 Å². The highest BCUT2D eigenvalue weighted by Gasteiger charge is 2.33. The predicted molar refractivity (Wildman–Crippen MR) is 79.7 cm³/mol. The molecule has 0 saturated heterocycles. The number of aryl methyl sites for hydroxylation is 1. The molecule has 2 N–H and O–H groups in total. The zero-order valence-electron chi connectivity index (χ0n) is 12.2. The van der Waals surface area contributed by atoms with Crippen LogP contribution in [0.2, 0.25) is 0 Å². The second kappa shape index (κ2) is 6.68. The highest BCUT2D eigenvalue weighted by Crippen LogP contribution is 2.34. The van der Waals surface area contributed by atoms with E-state index in [9.17, 15) is 22.4 Å². The van der Waals surface area contributed by atoms with Gasteiger partial charge in [0.15, 0.2) is 0 Å². The Labute approximate surface area is 130 Å². The molecule has 122 valence electrons. The van der Waals surface area contributed by atoms with E-state index in [4.69, 9.17) is 0 Å². The topological polar surface area (TPSA) is 41.1 Å². The molecule has 0 aromatic heterocycles. The van der Waals surface area contributed by atoms with Gasteiger partial charge in [0.2, 0.25) is 5.91 Å². The number of hydrogen-bond donors (Lipinski definition) is 2. The van der Waals surface area contributed by atoms with E-state index in [0.29, 0.717) is 11.3 Å². The van der Waals surface area contributed by atoms with Gasteiger partial charge in [0.05, 0.1) is 17.8 Å². The molecule has 0 heterocycles. The van der Waals surface area contributed by atoms with Crippen LogP contribution in [0.1, 0.15) is 11.1 Å². The first-order valence-electron chi connectivity index (χ1n) is 6.73. The normalized spacial score (nSPS) is 11.2. The second-order valence-electron chi connectivity index (χ2n) is 4.91. The van der Waals surface area contributed by atoms with Crippen molar-refractivity contribution in [2.45, 2.75) is 13.1 Å². The second-order valence-corrected chi connectivity index (χ2v) is 4.91. The maximum Gasteiger partial charge on any atom is 0.418 e. The lowest BCUT2D eigenvalue weighted by Gasteiger charge is -2.14. The minimum Gasteiger partial charge on any atom is -0.376 e. The predicted octanol–water partition coefficient (Wildman–Crippen LogP) is 4.20. The van der Waals surface area contributed by atoms with Gasteiger partial charge in [0.25, 0.3) is 0 Å². The third kappa shape index (κ3) is 4.45. The van der Waals surface area contributed by atoms with Gasteiger partial charge in [-0.05, 0) is 36.8 Å². The largest absolute Gasteiger partial charge is 0.418 e. The van der Waals surface area contributed by atoms with Crippen LogP contribution in [0, 0.1) is 12.7 Å². The number of para-hydroxylation sites is 1. The van der Waals surface area contributed by atoms with E-state index in [1.165, 1.54) is 30.3 Å². The molecular weight excluding hydrogens is 312 g/mol. The number of hydrogen-bond acceptors (Lipinski definition) is 2. The smallest absolute Gasteiger partial charge is 0.376 e. The summed E-state index contributed by atoms with van der Waals surface area (Å²) < 4.78 is 51.8. The first-order valence-corrected chi connectivity index (χ1v) is 6.73. The Morgan fingerprint density at radius 2 is 1.83 bits per heavy atom. The van der Waals surface area contributed by atoms with Crippen molar-refractivity contribution in [2.24, 2.45) is 0 Å². The SMILES string of the molecule is Cc1ccc(NCC(=O)Nc2ccccc2C(F)(F)F)cc1F. The molecule has 23 heavy (non-hydrogen) atoms. The van der Waals surface area contributed by atoms with Crippen LogP contribution in [0.3, 0.4) is 0 Å². The Hall–Kier alpha value is -2.57. The van der Waals surface area contributed by atoms with Crippen molar-refractivity contribution < 1.29 is 22.4 Å². The number of rotatable bonds is 4. The number of carbonyl (C=O) groups excluding carboxylic acids is 1. The van der Waals surface area contributed by atoms with Crippen LogP contribution in [0.5, 0.6) is 0 Å². The number of anilines is 2. The summed E-state index contributed by atoms with van der Waals surface area (Å²) in [6.45, 7) is 1.31. The molecule has 0 bridgehead atoms.